The predicted octanol–water partition coefficient (Wildman–Crippen LogP) is 1.93. The van der Waals surface area contributed by atoms with E-state index in [-0.39, 0.29) is 11.3 Å². The SMILES string of the molecule is CS(=O)(=O)Oc1ccc(-c2nc3ccccc3c(=O)[nH]2)cc1. The molecule has 22 heavy (non-hydrogen) atoms. The topological polar surface area (TPSA) is 89.1 Å². The molecule has 0 atom stereocenters. The molecule has 1 heterocycles. The minimum Gasteiger partial charge on any atom is -0.383 e. The van der Waals surface area contributed by atoms with Crippen molar-refractivity contribution in [3.63, 3.8) is 0 Å². The van der Waals surface area contributed by atoms with Crippen LogP contribution in [0, 0.1) is 0 Å². The van der Waals surface area contributed by atoms with Gasteiger partial charge in [0.1, 0.15) is 11.6 Å². The zero-order chi connectivity index (χ0) is 15.7. The highest BCUT2D eigenvalue weighted by Gasteiger charge is 2.07. The second-order valence-corrected chi connectivity index (χ2v) is 6.32. The van der Waals surface area contributed by atoms with E-state index < -0.39 is 10.1 Å². The van der Waals surface area contributed by atoms with Crippen LogP contribution in [0.25, 0.3) is 22.3 Å². The van der Waals surface area contributed by atoms with Crippen LogP contribution in [0.5, 0.6) is 5.75 Å². The van der Waals surface area contributed by atoms with Crippen molar-refractivity contribution in [3.05, 3.63) is 58.9 Å². The summed E-state index contributed by atoms with van der Waals surface area (Å²) in [4.78, 5) is 19.1. The van der Waals surface area contributed by atoms with Crippen LogP contribution in [-0.4, -0.2) is 24.6 Å². The van der Waals surface area contributed by atoms with Gasteiger partial charge in [0.2, 0.25) is 0 Å². The molecule has 0 amide bonds. The van der Waals surface area contributed by atoms with Gasteiger partial charge in [-0.2, -0.15) is 8.42 Å². The standard InChI is InChI=1S/C15H12N2O4S/c1-22(19,20)21-11-8-6-10(7-9-11)14-16-13-5-3-2-4-12(13)15(18)17-14/h2-9H,1H3,(H,16,17,18). The normalized spacial score (nSPS) is 11.5. The van der Waals surface area contributed by atoms with Crippen molar-refractivity contribution in [2.75, 3.05) is 6.26 Å². The van der Waals surface area contributed by atoms with E-state index in [2.05, 4.69) is 9.97 Å². The average molecular weight is 316 g/mol. The van der Waals surface area contributed by atoms with E-state index in [0.29, 0.717) is 22.3 Å². The Bertz CT molecular complexity index is 992. The molecule has 0 fully saturated rings. The van der Waals surface area contributed by atoms with E-state index in [1.165, 1.54) is 12.1 Å². The van der Waals surface area contributed by atoms with Crippen LogP contribution in [0.4, 0.5) is 0 Å². The van der Waals surface area contributed by atoms with Crippen molar-refractivity contribution >= 4 is 21.0 Å². The minimum atomic E-state index is -3.56. The van der Waals surface area contributed by atoms with E-state index in [4.69, 9.17) is 4.18 Å². The molecule has 0 radical (unpaired) electrons. The lowest BCUT2D eigenvalue weighted by molar-refractivity contribution is 0.493. The number of para-hydroxylation sites is 1. The van der Waals surface area contributed by atoms with E-state index >= 15 is 0 Å². The number of nitrogens with one attached hydrogen (secondary N) is 1. The summed E-state index contributed by atoms with van der Waals surface area (Å²) in [6.07, 6.45) is 0.975. The number of hydrogen-bond donors (Lipinski definition) is 1. The Morgan fingerprint density at radius 1 is 1.05 bits per heavy atom. The monoisotopic (exact) mass is 316 g/mol. The molecule has 0 saturated heterocycles. The van der Waals surface area contributed by atoms with Crippen LogP contribution in [0.1, 0.15) is 0 Å². The summed E-state index contributed by atoms with van der Waals surface area (Å²) in [6, 6.07) is 13.3. The molecular weight excluding hydrogens is 304 g/mol. The molecule has 0 spiro atoms. The lowest BCUT2D eigenvalue weighted by atomic mass is 10.2. The Morgan fingerprint density at radius 3 is 2.41 bits per heavy atom. The van der Waals surface area contributed by atoms with Crippen molar-refractivity contribution in [1.29, 1.82) is 0 Å². The maximum absolute atomic E-state index is 12.0. The summed E-state index contributed by atoms with van der Waals surface area (Å²) in [7, 11) is -3.56. The zero-order valence-corrected chi connectivity index (χ0v) is 12.4. The molecule has 1 N–H and O–H groups in total. The summed E-state index contributed by atoms with van der Waals surface area (Å²) in [5, 5.41) is 0.517. The quantitative estimate of drug-likeness (QED) is 0.746. The molecule has 0 unspecified atom stereocenters. The average Bonchev–Trinajstić information content (AvgIpc) is 2.46. The minimum absolute atomic E-state index is 0.203. The molecule has 7 heteroatoms. The summed E-state index contributed by atoms with van der Waals surface area (Å²) in [6.45, 7) is 0. The van der Waals surface area contributed by atoms with Crippen LogP contribution in [0.15, 0.2) is 53.3 Å². The van der Waals surface area contributed by atoms with Gasteiger partial charge in [-0.3, -0.25) is 4.79 Å². The van der Waals surface area contributed by atoms with E-state index in [1.807, 2.05) is 6.07 Å². The van der Waals surface area contributed by atoms with Gasteiger partial charge in [0, 0.05) is 5.56 Å². The number of rotatable bonds is 3. The van der Waals surface area contributed by atoms with Crippen LogP contribution in [0.3, 0.4) is 0 Å². The van der Waals surface area contributed by atoms with Gasteiger partial charge in [0.15, 0.2) is 0 Å². The first-order chi connectivity index (χ1) is 10.4. The number of aromatic nitrogens is 2. The molecule has 112 valence electrons. The Morgan fingerprint density at radius 2 is 1.73 bits per heavy atom. The summed E-state index contributed by atoms with van der Waals surface area (Å²) < 4.78 is 26.9. The molecule has 1 aromatic heterocycles. The number of benzene rings is 2. The molecule has 6 nitrogen and oxygen atoms in total. The van der Waals surface area contributed by atoms with Crippen molar-refractivity contribution in [1.82, 2.24) is 9.97 Å². The van der Waals surface area contributed by atoms with E-state index in [0.717, 1.165) is 6.26 Å². The molecule has 0 aliphatic rings. The maximum atomic E-state index is 12.0. The zero-order valence-electron chi connectivity index (χ0n) is 11.6. The second-order valence-electron chi connectivity index (χ2n) is 4.74. The van der Waals surface area contributed by atoms with Gasteiger partial charge in [0.05, 0.1) is 17.2 Å². The van der Waals surface area contributed by atoms with E-state index in [9.17, 15) is 13.2 Å². The van der Waals surface area contributed by atoms with Crippen molar-refractivity contribution in [2.45, 2.75) is 0 Å². The lowest BCUT2D eigenvalue weighted by Gasteiger charge is -2.05. The van der Waals surface area contributed by atoms with Crippen LogP contribution in [-0.2, 0) is 10.1 Å². The van der Waals surface area contributed by atoms with Crippen LogP contribution in [0.2, 0.25) is 0 Å². The Labute approximate surface area is 126 Å². The third-order valence-corrected chi connectivity index (χ3v) is 3.48. The van der Waals surface area contributed by atoms with Gasteiger partial charge in [-0.15, -0.1) is 0 Å². The Kier molecular flexibility index (Phi) is 3.42. The molecule has 0 aliphatic carbocycles. The fourth-order valence-corrected chi connectivity index (χ4v) is 2.53. The van der Waals surface area contributed by atoms with Crippen LogP contribution < -0.4 is 9.74 Å². The highest BCUT2D eigenvalue weighted by Crippen LogP contribution is 2.20. The molecule has 3 aromatic rings. The highest BCUT2D eigenvalue weighted by molar-refractivity contribution is 7.86. The van der Waals surface area contributed by atoms with Gasteiger partial charge in [-0.05, 0) is 36.4 Å². The van der Waals surface area contributed by atoms with Crippen molar-refractivity contribution in [3.8, 4) is 17.1 Å². The number of hydrogen-bond acceptors (Lipinski definition) is 5. The fourth-order valence-electron chi connectivity index (χ4n) is 2.07. The first-order valence-corrected chi connectivity index (χ1v) is 8.23. The third kappa shape index (κ3) is 2.99. The van der Waals surface area contributed by atoms with Crippen molar-refractivity contribution < 1.29 is 12.6 Å². The maximum Gasteiger partial charge on any atom is 0.306 e. The Hall–Kier alpha value is -2.67. The molecular formula is C15H12N2O4S. The van der Waals surface area contributed by atoms with Crippen molar-refractivity contribution in [2.24, 2.45) is 0 Å². The fraction of sp³-hybridized carbons (Fsp3) is 0.0667. The molecule has 0 saturated carbocycles. The molecule has 3 rings (SSSR count). The van der Waals surface area contributed by atoms with Gasteiger partial charge < -0.3 is 9.17 Å². The molecule has 2 aromatic carbocycles. The lowest BCUT2D eigenvalue weighted by Crippen LogP contribution is -2.09. The summed E-state index contributed by atoms with van der Waals surface area (Å²) in [5.41, 5.74) is 1.03. The van der Waals surface area contributed by atoms with Gasteiger partial charge in [-0.25, -0.2) is 4.98 Å². The number of aromatic amines is 1. The second kappa shape index (κ2) is 5.27. The third-order valence-electron chi connectivity index (χ3n) is 2.99. The highest BCUT2D eigenvalue weighted by atomic mass is 32.2. The smallest absolute Gasteiger partial charge is 0.306 e. The van der Waals surface area contributed by atoms with Gasteiger partial charge >= 0.3 is 10.1 Å². The number of fused-ring (bicyclic) bond motifs is 1. The first kappa shape index (κ1) is 14.3. The first-order valence-electron chi connectivity index (χ1n) is 6.41. The number of H-pyrrole nitrogens is 1. The Balaban J connectivity index is 2.03. The van der Waals surface area contributed by atoms with E-state index in [1.54, 1.807) is 30.3 Å². The van der Waals surface area contributed by atoms with Gasteiger partial charge in [-0.1, -0.05) is 12.1 Å². The predicted molar refractivity (Wildman–Crippen MR) is 83.3 cm³/mol. The molecule has 0 aliphatic heterocycles. The van der Waals surface area contributed by atoms with Gasteiger partial charge in [0.25, 0.3) is 5.56 Å². The summed E-state index contributed by atoms with van der Waals surface area (Å²) >= 11 is 0. The largest absolute Gasteiger partial charge is 0.383 e. The summed E-state index contributed by atoms with van der Waals surface area (Å²) in [5.74, 6) is 0.615. The molecule has 0 bridgehead atoms. The van der Waals surface area contributed by atoms with Crippen LogP contribution >= 0.6 is 0 Å². The number of nitrogens with zero attached hydrogens (tertiary/aromatic N) is 1.